The molecular formula is C22H31F3N4O5. The molecule has 9 nitrogen and oxygen atoms in total. The number of hydrogen-bond donors (Lipinski definition) is 2. The lowest BCUT2D eigenvalue weighted by molar-refractivity contribution is -0.192. The van der Waals surface area contributed by atoms with Crippen LogP contribution in [0.3, 0.4) is 0 Å². The van der Waals surface area contributed by atoms with Crippen molar-refractivity contribution < 1.29 is 37.4 Å². The smallest absolute Gasteiger partial charge is 0.475 e. The summed E-state index contributed by atoms with van der Waals surface area (Å²) in [6.45, 7) is 8.12. The SMILES string of the molecule is O=C(CN(CCCN1CCOCC1)C(=O)c1ccccc1)N1CCNCC1.O=C(O)C(F)(F)F. The van der Waals surface area contributed by atoms with Gasteiger partial charge in [0, 0.05) is 57.9 Å². The van der Waals surface area contributed by atoms with Crippen LogP contribution in [0.15, 0.2) is 30.3 Å². The number of piperazine rings is 1. The van der Waals surface area contributed by atoms with Crippen molar-refractivity contribution in [3.8, 4) is 0 Å². The first-order chi connectivity index (χ1) is 16.2. The molecule has 0 unspecified atom stereocenters. The molecule has 1 aromatic carbocycles. The fourth-order valence-corrected chi connectivity index (χ4v) is 3.50. The number of nitrogens with zero attached hydrogens (tertiary/aromatic N) is 3. The van der Waals surface area contributed by atoms with Gasteiger partial charge in [0.2, 0.25) is 5.91 Å². The van der Waals surface area contributed by atoms with E-state index in [2.05, 4.69) is 10.2 Å². The summed E-state index contributed by atoms with van der Waals surface area (Å²) in [7, 11) is 0. The molecule has 0 radical (unpaired) electrons. The number of rotatable bonds is 7. The van der Waals surface area contributed by atoms with Crippen LogP contribution < -0.4 is 5.32 Å². The Morgan fingerprint density at radius 3 is 2.18 bits per heavy atom. The average molecular weight is 489 g/mol. The highest BCUT2D eigenvalue weighted by molar-refractivity contribution is 5.96. The topological polar surface area (TPSA) is 102 Å². The van der Waals surface area contributed by atoms with Crippen LogP contribution in [0.4, 0.5) is 13.2 Å². The van der Waals surface area contributed by atoms with E-state index in [4.69, 9.17) is 14.6 Å². The summed E-state index contributed by atoms with van der Waals surface area (Å²) in [5.41, 5.74) is 0.636. The molecule has 0 atom stereocenters. The summed E-state index contributed by atoms with van der Waals surface area (Å²) in [6, 6.07) is 9.24. The van der Waals surface area contributed by atoms with Crippen molar-refractivity contribution in [2.75, 3.05) is 72.1 Å². The van der Waals surface area contributed by atoms with Crippen molar-refractivity contribution in [3.63, 3.8) is 0 Å². The number of amides is 2. The molecule has 34 heavy (non-hydrogen) atoms. The van der Waals surface area contributed by atoms with Gasteiger partial charge < -0.3 is 25.0 Å². The number of alkyl halides is 3. The summed E-state index contributed by atoms with van der Waals surface area (Å²) in [5.74, 6) is -2.79. The Morgan fingerprint density at radius 2 is 1.62 bits per heavy atom. The van der Waals surface area contributed by atoms with Gasteiger partial charge in [-0.25, -0.2) is 4.79 Å². The molecule has 1 aromatic rings. The lowest BCUT2D eigenvalue weighted by atomic mass is 10.2. The molecule has 2 fully saturated rings. The Labute approximate surface area is 196 Å². The minimum Gasteiger partial charge on any atom is -0.475 e. The number of benzene rings is 1. The lowest BCUT2D eigenvalue weighted by Crippen LogP contribution is -2.50. The van der Waals surface area contributed by atoms with Gasteiger partial charge in [-0.2, -0.15) is 13.2 Å². The standard InChI is InChI=1S/C20H30N4O3.C2HF3O2/c25-19(23-11-7-21-8-12-23)17-24(20(26)18-5-2-1-3-6-18)10-4-9-22-13-15-27-16-14-22;3-2(4,5)1(6)7/h1-3,5-6,21H,4,7-17H2;(H,6,7). The molecule has 2 aliphatic rings. The quantitative estimate of drug-likeness (QED) is 0.589. The number of aliphatic carboxylic acids is 1. The number of halogens is 3. The normalized spacial score (nSPS) is 16.9. The van der Waals surface area contributed by atoms with E-state index < -0.39 is 12.1 Å². The predicted octanol–water partition coefficient (Wildman–Crippen LogP) is 0.916. The van der Waals surface area contributed by atoms with Crippen molar-refractivity contribution in [1.82, 2.24) is 20.0 Å². The Bertz CT molecular complexity index is 782. The van der Waals surface area contributed by atoms with Crippen LogP contribution in [-0.2, 0) is 14.3 Å². The molecule has 2 amide bonds. The van der Waals surface area contributed by atoms with Gasteiger partial charge in [0.15, 0.2) is 0 Å². The molecule has 190 valence electrons. The Kier molecular flexibility index (Phi) is 11.2. The Morgan fingerprint density at radius 1 is 1.03 bits per heavy atom. The molecule has 0 aromatic heterocycles. The zero-order valence-electron chi connectivity index (χ0n) is 18.9. The molecular weight excluding hydrogens is 457 g/mol. The molecule has 2 heterocycles. The van der Waals surface area contributed by atoms with Gasteiger partial charge in [-0.3, -0.25) is 14.5 Å². The van der Waals surface area contributed by atoms with Gasteiger partial charge in [-0.1, -0.05) is 18.2 Å². The number of nitrogens with one attached hydrogen (secondary N) is 1. The second-order valence-corrected chi connectivity index (χ2v) is 7.83. The highest BCUT2D eigenvalue weighted by Gasteiger charge is 2.38. The number of carbonyl (C=O) groups excluding carboxylic acids is 2. The monoisotopic (exact) mass is 488 g/mol. The van der Waals surface area contributed by atoms with Gasteiger partial charge >= 0.3 is 12.1 Å². The van der Waals surface area contributed by atoms with Crippen LogP contribution in [-0.4, -0.2) is 116 Å². The fourth-order valence-electron chi connectivity index (χ4n) is 3.50. The van der Waals surface area contributed by atoms with Gasteiger partial charge in [0.1, 0.15) is 6.54 Å². The summed E-state index contributed by atoms with van der Waals surface area (Å²) >= 11 is 0. The van der Waals surface area contributed by atoms with Crippen molar-refractivity contribution in [2.45, 2.75) is 12.6 Å². The number of carboxylic acid groups (broad SMARTS) is 1. The van der Waals surface area contributed by atoms with E-state index in [0.717, 1.165) is 52.4 Å². The van der Waals surface area contributed by atoms with Crippen molar-refractivity contribution >= 4 is 17.8 Å². The predicted molar refractivity (Wildman–Crippen MR) is 117 cm³/mol. The second kappa shape index (κ2) is 13.9. The maximum atomic E-state index is 13.0. The van der Waals surface area contributed by atoms with Crippen molar-refractivity contribution in [3.05, 3.63) is 35.9 Å². The number of hydrogen-bond acceptors (Lipinski definition) is 6. The van der Waals surface area contributed by atoms with E-state index >= 15 is 0 Å². The lowest BCUT2D eigenvalue weighted by Gasteiger charge is -2.31. The highest BCUT2D eigenvalue weighted by atomic mass is 19.4. The minimum atomic E-state index is -5.08. The number of carboxylic acids is 1. The molecule has 0 saturated carbocycles. The van der Waals surface area contributed by atoms with Gasteiger partial charge in [-0.15, -0.1) is 0 Å². The van der Waals surface area contributed by atoms with E-state index in [-0.39, 0.29) is 18.4 Å². The van der Waals surface area contributed by atoms with Crippen LogP contribution in [0.5, 0.6) is 0 Å². The van der Waals surface area contributed by atoms with E-state index in [9.17, 15) is 22.8 Å². The van der Waals surface area contributed by atoms with Crippen molar-refractivity contribution in [1.29, 1.82) is 0 Å². The number of morpholine rings is 1. The number of carbonyl (C=O) groups is 3. The third-order valence-corrected chi connectivity index (χ3v) is 5.35. The maximum absolute atomic E-state index is 13.0. The van der Waals surface area contributed by atoms with E-state index in [1.54, 1.807) is 4.90 Å². The Balaban J connectivity index is 0.000000509. The molecule has 0 bridgehead atoms. The minimum absolute atomic E-state index is 0.0344. The maximum Gasteiger partial charge on any atom is 0.490 e. The Hall–Kier alpha value is -2.70. The largest absolute Gasteiger partial charge is 0.490 e. The zero-order chi connectivity index (χ0) is 25.0. The molecule has 2 saturated heterocycles. The zero-order valence-corrected chi connectivity index (χ0v) is 18.9. The van der Waals surface area contributed by atoms with Crippen LogP contribution in [0.25, 0.3) is 0 Å². The first-order valence-corrected chi connectivity index (χ1v) is 11.1. The molecule has 2 N–H and O–H groups in total. The third kappa shape index (κ3) is 9.65. The van der Waals surface area contributed by atoms with E-state index in [0.29, 0.717) is 25.2 Å². The third-order valence-electron chi connectivity index (χ3n) is 5.35. The molecule has 12 heteroatoms. The van der Waals surface area contributed by atoms with Gasteiger partial charge in [0.25, 0.3) is 5.91 Å². The first-order valence-electron chi connectivity index (χ1n) is 11.1. The highest BCUT2D eigenvalue weighted by Crippen LogP contribution is 2.13. The van der Waals surface area contributed by atoms with Gasteiger partial charge in [-0.05, 0) is 18.6 Å². The summed E-state index contributed by atoms with van der Waals surface area (Å²) in [4.78, 5) is 40.5. The van der Waals surface area contributed by atoms with Crippen LogP contribution in [0, 0.1) is 0 Å². The van der Waals surface area contributed by atoms with E-state index in [1.807, 2.05) is 35.2 Å². The van der Waals surface area contributed by atoms with E-state index in [1.165, 1.54) is 0 Å². The number of ether oxygens (including phenoxy) is 1. The molecule has 0 spiro atoms. The molecule has 3 rings (SSSR count). The summed E-state index contributed by atoms with van der Waals surface area (Å²) < 4.78 is 37.1. The first kappa shape index (κ1) is 27.5. The average Bonchev–Trinajstić information content (AvgIpc) is 2.84. The van der Waals surface area contributed by atoms with Gasteiger partial charge in [0.05, 0.1) is 13.2 Å². The molecule has 2 aliphatic heterocycles. The molecule has 0 aliphatic carbocycles. The van der Waals surface area contributed by atoms with Crippen LogP contribution >= 0.6 is 0 Å². The second-order valence-electron chi connectivity index (χ2n) is 7.83. The van der Waals surface area contributed by atoms with Crippen LogP contribution in [0.2, 0.25) is 0 Å². The fraction of sp³-hybridized carbons (Fsp3) is 0.591. The summed E-state index contributed by atoms with van der Waals surface area (Å²) in [6.07, 6.45) is -4.23. The van der Waals surface area contributed by atoms with Crippen molar-refractivity contribution in [2.24, 2.45) is 0 Å². The van der Waals surface area contributed by atoms with Crippen LogP contribution in [0.1, 0.15) is 16.8 Å². The summed E-state index contributed by atoms with van der Waals surface area (Å²) in [5, 5.41) is 10.4.